The minimum Gasteiger partial charge on any atom is -0.423 e. The van der Waals surface area contributed by atoms with Crippen molar-refractivity contribution in [1.82, 2.24) is 9.97 Å². The lowest BCUT2D eigenvalue weighted by atomic mass is 10.4. The molecule has 0 spiro atoms. The summed E-state index contributed by atoms with van der Waals surface area (Å²) in [5, 5.41) is 0. The van der Waals surface area contributed by atoms with Gasteiger partial charge in [0.25, 0.3) is 0 Å². The van der Waals surface area contributed by atoms with Gasteiger partial charge in [-0.1, -0.05) is 0 Å². The van der Waals surface area contributed by atoms with Gasteiger partial charge in [-0.25, -0.2) is 5.84 Å². The Kier molecular flexibility index (Phi) is 1.23. The second-order valence-electron chi connectivity index (χ2n) is 2.01. The fourth-order valence-electron chi connectivity index (χ4n) is 0.842. The van der Waals surface area contributed by atoms with E-state index in [0.717, 1.165) is 0 Å². The van der Waals surface area contributed by atoms with Crippen LogP contribution in [0.2, 0.25) is 0 Å². The van der Waals surface area contributed by atoms with Crippen LogP contribution in [-0.2, 0) is 0 Å². The maximum atomic E-state index is 5.13. The number of oxazole rings is 1. The average Bonchev–Trinajstić information content (AvgIpc) is 2.46. The quantitative estimate of drug-likeness (QED) is 0.457. The van der Waals surface area contributed by atoms with Gasteiger partial charge in [-0.05, 0) is 0 Å². The van der Waals surface area contributed by atoms with E-state index in [0.29, 0.717) is 17.1 Å². The molecule has 5 nitrogen and oxygen atoms in total. The van der Waals surface area contributed by atoms with Gasteiger partial charge >= 0.3 is 6.01 Å². The molecular formula is C6H6N4O. The van der Waals surface area contributed by atoms with Crippen LogP contribution in [0.1, 0.15) is 0 Å². The van der Waals surface area contributed by atoms with E-state index < -0.39 is 0 Å². The molecule has 0 bridgehead atoms. The highest BCUT2D eigenvalue weighted by Crippen LogP contribution is 2.15. The molecule has 0 aliphatic carbocycles. The molecule has 56 valence electrons. The van der Waals surface area contributed by atoms with Gasteiger partial charge in [-0.2, -0.15) is 4.98 Å². The number of fused-ring (bicyclic) bond motifs is 1. The number of rotatable bonds is 1. The third-order valence-corrected chi connectivity index (χ3v) is 1.31. The standard InChI is InChI=1S/C6H6N4O/c7-10-6-9-4-3-8-2-1-5(4)11-6/h1-3H,7H2,(H,9,10). The second-order valence-corrected chi connectivity index (χ2v) is 2.01. The Labute approximate surface area is 62.2 Å². The summed E-state index contributed by atoms with van der Waals surface area (Å²) >= 11 is 0. The third-order valence-electron chi connectivity index (χ3n) is 1.31. The molecule has 5 heteroatoms. The number of nitrogens with two attached hydrogens (primary N) is 1. The van der Waals surface area contributed by atoms with Crippen molar-refractivity contribution in [3.63, 3.8) is 0 Å². The highest BCUT2D eigenvalue weighted by molar-refractivity contribution is 5.72. The molecule has 0 fully saturated rings. The van der Waals surface area contributed by atoms with Crippen molar-refractivity contribution in [3.05, 3.63) is 18.5 Å². The van der Waals surface area contributed by atoms with Gasteiger partial charge in [0.05, 0.1) is 6.20 Å². The Morgan fingerprint density at radius 2 is 2.45 bits per heavy atom. The molecule has 2 rings (SSSR count). The fraction of sp³-hybridized carbons (Fsp3) is 0. The highest BCUT2D eigenvalue weighted by Gasteiger charge is 2.01. The van der Waals surface area contributed by atoms with Crippen LogP contribution >= 0.6 is 0 Å². The van der Waals surface area contributed by atoms with Crippen molar-refractivity contribution < 1.29 is 4.42 Å². The van der Waals surface area contributed by atoms with Crippen LogP contribution in [0.3, 0.4) is 0 Å². The Balaban J connectivity index is 2.69. The molecule has 2 aromatic rings. The highest BCUT2D eigenvalue weighted by atomic mass is 16.4. The molecule has 0 amide bonds. The zero-order valence-electron chi connectivity index (χ0n) is 5.61. The first-order chi connectivity index (χ1) is 5.40. The first-order valence-electron chi connectivity index (χ1n) is 3.07. The zero-order valence-corrected chi connectivity index (χ0v) is 5.61. The molecule has 2 aromatic heterocycles. The van der Waals surface area contributed by atoms with Gasteiger partial charge in [-0.15, -0.1) is 0 Å². The Morgan fingerprint density at radius 3 is 3.18 bits per heavy atom. The van der Waals surface area contributed by atoms with E-state index in [1.807, 2.05) is 0 Å². The van der Waals surface area contributed by atoms with E-state index in [2.05, 4.69) is 15.4 Å². The molecule has 0 saturated heterocycles. The van der Waals surface area contributed by atoms with Crippen LogP contribution in [0.5, 0.6) is 0 Å². The first-order valence-corrected chi connectivity index (χ1v) is 3.07. The number of hydrazine groups is 1. The molecule has 11 heavy (non-hydrogen) atoms. The summed E-state index contributed by atoms with van der Waals surface area (Å²) < 4.78 is 5.13. The number of nitrogens with zero attached hydrogens (tertiary/aromatic N) is 2. The first kappa shape index (κ1) is 6.11. The normalized spacial score (nSPS) is 10.3. The molecule has 0 aliphatic heterocycles. The summed E-state index contributed by atoms with van der Waals surface area (Å²) in [6.45, 7) is 0. The molecule has 0 unspecified atom stereocenters. The van der Waals surface area contributed by atoms with Crippen molar-refractivity contribution >= 4 is 17.1 Å². The van der Waals surface area contributed by atoms with E-state index in [-0.39, 0.29) is 0 Å². The van der Waals surface area contributed by atoms with Crippen LogP contribution in [0.25, 0.3) is 11.1 Å². The largest absolute Gasteiger partial charge is 0.423 e. The van der Waals surface area contributed by atoms with Crippen LogP contribution in [0.4, 0.5) is 6.01 Å². The molecule has 2 heterocycles. The summed E-state index contributed by atoms with van der Waals surface area (Å²) in [5.74, 6) is 5.09. The van der Waals surface area contributed by atoms with E-state index in [1.54, 1.807) is 18.5 Å². The maximum absolute atomic E-state index is 5.13. The SMILES string of the molecule is NNc1nc2cnccc2o1. The van der Waals surface area contributed by atoms with Gasteiger partial charge in [-0.3, -0.25) is 10.4 Å². The van der Waals surface area contributed by atoms with E-state index in [4.69, 9.17) is 10.3 Å². The van der Waals surface area contributed by atoms with Gasteiger partial charge < -0.3 is 4.42 Å². The van der Waals surface area contributed by atoms with Crippen molar-refractivity contribution in [2.45, 2.75) is 0 Å². The minimum atomic E-state index is 0.299. The van der Waals surface area contributed by atoms with Crippen LogP contribution in [0.15, 0.2) is 22.9 Å². The molecule has 0 aliphatic rings. The number of nitrogens with one attached hydrogen (secondary N) is 1. The smallest absolute Gasteiger partial charge is 0.310 e. The van der Waals surface area contributed by atoms with Crippen LogP contribution in [-0.4, -0.2) is 9.97 Å². The number of hydrogen-bond donors (Lipinski definition) is 2. The Morgan fingerprint density at radius 1 is 1.55 bits per heavy atom. The lowest BCUT2D eigenvalue weighted by molar-refractivity contribution is 0.616. The number of nitrogen functional groups attached to an aromatic ring is 1. The lowest BCUT2D eigenvalue weighted by Crippen LogP contribution is -2.06. The predicted octanol–water partition coefficient (Wildman–Crippen LogP) is 0.508. The Bertz CT molecular complexity index is 336. The third kappa shape index (κ3) is 0.908. The number of hydrogen-bond acceptors (Lipinski definition) is 5. The van der Waals surface area contributed by atoms with Crippen molar-refractivity contribution in [2.24, 2.45) is 5.84 Å². The predicted molar refractivity (Wildman–Crippen MR) is 39.6 cm³/mol. The summed E-state index contributed by atoms with van der Waals surface area (Å²) in [6.07, 6.45) is 3.24. The number of anilines is 1. The monoisotopic (exact) mass is 150 g/mol. The van der Waals surface area contributed by atoms with Gasteiger partial charge in [0.1, 0.15) is 5.52 Å². The summed E-state index contributed by atoms with van der Waals surface area (Å²) in [7, 11) is 0. The van der Waals surface area contributed by atoms with Crippen LogP contribution < -0.4 is 11.3 Å². The Hall–Kier alpha value is -1.62. The maximum Gasteiger partial charge on any atom is 0.310 e. The topological polar surface area (TPSA) is 77.0 Å². The summed E-state index contributed by atoms with van der Waals surface area (Å²) in [4.78, 5) is 7.84. The fourth-order valence-corrected chi connectivity index (χ4v) is 0.842. The van der Waals surface area contributed by atoms with E-state index >= 15 is 0 Å². The molecule has 0 saturated carbocycles. The van der Waals surface area contributed by atoms with E-state index in [9.17, 15) is 0 Å². The molecular weight excluding hydrogens is 144 g/mol. The van der Waals surface area contributed by atoms with Gasteiger partial charge in [0, 0.05) is 12.3 Å². The second kappa shape index (κ2) is 2.21. The zero-order chi connectivity index (χ0) is 7.68. The number of aromatic nitrogens is 2. The molecule has 0 aromatic carbocycles. The summed E-state index contributed by atoms with van der Waals surface area (Å²) in [5.41, 5.74) is 3.68. The molecule has 3 N–H and O–H groups in total. The average molecular weight is 150 g/mol. The van der Waals surface area contributed by atoms with Gasteiger partial charge in [0.2, 0.25) is 0 Å². The molecule has 0 radical (unpaired) electrons. The molecule has 0 atom stereocenters. The minimum absolute atomic E-state index is 0.299. The van der Waals surface area contributed by atoms with Crippen molar-refractivity contribution in [2.75, 3.05) is 5.43 Å². The lowest BCUT2D eigenvalue weighted by Gasteiger charge is -1.84. The van der Waals surface area contributed by atoms with E-state index in [1.165, 1.54) is 0 Å². The summed E-state index contributed by atoms with van der Waals surface area (Å²) in [6, 6.07) is 2.02. The van der Waals surface area contributed by atoms with Crippen LogP contribution in [0, 0.1) is 0 Å². The number of pyridine rings is 1. The van der Waals surface area contributed by atoms with Crippen molar-refractivity contribution in [1.29, 1.82) is 0 Å². The van der Waals surface area contributed by atoms with Crippen molar-refractivity contribution in [3.8, 4) is 0 Å². The van der Waals surface area contributed by atoms with Gasteiger partial charge in [0.15, 0.2) is 5.58 Å².